The van der Waals surface area contributed by atoms with Crippen LogP contribution in [-0.4, -0.2) is 33.6 Å². The lowest BCUT2D eigenvalue weighted by Gasteiger charge is -2.19. The summed E-state index contributed by atoms with van der Waals surface area (Å²) in [5.74, 6) is -0.00292. The molecule has 1 aliphatic carbocycles. The smallest absolute Gasteiger partial charge is 0.275 e. The zero-order valence-corrected chi connectivity index (χ0v) is 10.3. The number of nitrogens with one attached hydrogen (secondary N) is 1. The summed E-state index contributed by atoms with van der Waals surface area (Å²) < 4.78 is 0. The minimum Gasteiger partial charge on any atom is -0.399 e. The van der Waals surface area contributed by atoms with E-state index in [9.17, 15) is 4.79 Å². The number of nitrogen functional groups attached to an aromatic ring is 1. The largest absolute Gasteiger partial charge is 0.399 e. The van der Waals surface area contributed by atoms with Crippen LogP contribution >= 0.6 is 0 Å². The number of amides is 1. The van der Waals surface area contributed by atoms with Crippen molar-refractivity contribution in [1.29, 1.82) is 0 Å². The third-order valence-electron chi connectivity index (χ3n) is 3.38. The highest BCUT2D eigenvalue weighted by atomic mass is 16.2. The van der Waals surface area contributed by atoms with E-state index in [1.165, 1.54) is 0 Å². The van der Waals surface area contributed by atoms with Gasteiger partial charge in [0.25, 0.3) is 5.91 Å². The molecule has 1 amide bonds. The number of carbonyl (C=O) groups excluding carboxylic acids is 1. The number of aromatic nitrogens is 2. The second-order valence-corrected chi connectivity index (χ2v) is 4.70. The van der Waals surface area contributed by atoms with Crippen LogP contribution in [0.5, 0.6) is 0 Å². The molecule has 3 rings (SSSR count). The lowest BCUT2D eigenvalue weighted by Crippen LogP contribution is -2.33. The van der Waals surface area contributed by atoms with Crippen molar-refractivity contribution in [1.82, 2.24) is 15.1 Å². The first-order valence-electron chi connectivity index (χ1n) is 6.25. The molecular formula is C13H16N4O. The quantitative estimate of drug-likeness (QED) is 0.808. The van der Waals surface area contributed by atoms with Crippen molar-refractivity contribution in [2.75, 3.05) is 12.3 Å². The fourth-order valence-electron chi connectivity index (χ4n) is 2.28. The molecule has 0 saturated heterocycles. The molecule has 0 spiro atoms. The zero-order valence-electron chi connectivity index (χ0n) is 10.3. The first-order valence-corrected chi connectivity index (χ1v) is 6.25. The molecule has 0 aliphatic heterocycles. The average Bonchev–Trinajstić information content (AvgIpc) is 3.09. The van der Waals surface area contributed by atoms with Gasteiger partial charge in [-0.2, -0.15) is 5.10 Å². The van der Waals surface area contributed by atoms with E-state index in [0.29, 0.717) is 17.4 Å². The minimum absolute atomic E-state index is 0.00292. The summed E-state index contributed by atoms with van der Waals surface area (Å²) in [6, 6.07) is 5.84. The van der Waals surface area contributed by atoms with Crippen molar-refractivity contribution < 1.29 is 4.79 Å². The van der Waals surface area contributed by atoms with E-state index < -0.39 is 0 Å². The third-order valence-corrected chi connectivity index (χ3v) is 3.38. The van der Waals surface area contributed by atoms with E-state index in [1.54, 1.807) is 12.1 Å². The Balaban J connectivity index is 2.02. The maximum absolute atomic E-state index is 12.4. The van der Waals surface area contributed by atoms with Gasteiger partial charge in [-0.3, -0.25) is 9.89 Å². The van der Waals surface area contributed by atoms with Crippen LogP contribution in [0.3, 0.4) is 0 Å². The fourth-order valence-corrected chi connectivity index (χ4v) is 2.28. The van der Waals surface area contributed by atoms with Gasteiger partial charge in [0.1, 0.15) is 0 Å². The van der Waals surface area contributed by atoms with E-state index >= 15 is 0 Å². The van der Waals surface area contributed by atoms with Gasteiger partial charge in [-0.05, 0) is 38.0 Å². The van der Waals surface area contributed by atoms with E-state index in [0.717, 1.165) is 30.3 Å². The SMILES string of the molecule is CCN(C(=O)c1n[nH]c2ccc(N)cc12)C1CC1. The first-order chi connectivity index (χ1) is 8.70. The summed E-state index contributed by atoms with van der Waals surface area (Å²) >= 11 is 0. The molecule has 3 N–H and O–H groups in total. The van der Waals surface area contributed by atoms with E-state index in [1.807, 2.05) is 17.9 Å². The van der Waals surface area contributed by atoms with Gasteiger partial charge in [-0.25, -0.2) is 0 Å². The third kappa shape index (κ3) is 1.72. The van der Waals surface area contributed by atoms with Crippen LogP contribution in [0, 0.1) is 0 Å². The molecule has 2 aromatic rings. The molecule has 5 nitrogen and oxygen atoms in total. The zero-order chi connectivity index (χ0) is 12.7. The van der Waals surface area contributed by atoms with Crippen molar-refractivity contribution in [3.05, 3.63) is 23.9 Å². The number of nitrogens with two attached hydrogens (primary N) is 1. The van der Waals surface area contributed by atoms with Gasteiger partial charge >= 0.3 is 0 Å². The number of hydrogen-bond donors (Lipinski definition) is 2. The van der Waals surface area contributed by atoms with Crippen LogP contribution in [0.1, 0.15) is 30.3 Å². The van der Waals surface area contributed by atoms with Crippen molar-refractivity contribution in [2.24, 2.45) is 0 Å². The summed E-state index contributed by atoms with van der Waals surface area (Å²) in [4.78, 5) is 14.3. The molecule has 94 valence electrons. The van der Waals surface area contributed by atoms with E-state index in [-0.39, 0.29) is 5.91 Å². The summed E-state index contributed by atoms with van der Waals surface area (Å²) in [7, 11) is 0. The van der Waals surface area contributed by atoms with Crippen LogP contribution in [0.15, 0.2) is 18.2 Å². The molecule has 1 aliphatic rings. The molecule has 0 unspecified atom stereocenters. The molecule has 18 heavy (non-hydrogen) atoms. The minimum atomic E-state index is -0.00292. The van der Waals surface area contributed by atoms with E-state index in [4.69, 9.17) is 5.73 Å². The topological polar surface area (TPSA) is 75.0 Å². The summed E-state index contributed by atoms with van der Waals surface area (Å²) in [6.45, 7) is 2.72. The number of carbonyl (C=O) groups is 1. The monoisotopic (exact) mass is 244 g/mol. The molecule has 5 heteroatoms. The fraction of sp³-hybridized carbons (Fsp3) is 0.385. The summed E-state index contributed by atoms with van der Waals surface area (Å²) in [5.41, 5.74) is 7.74. The Kier molecular flexibility index (Phi) is 2.47. The number of hydrogen-bond acceptors (Lipinski definition) is 3. The van der Waals surface area contributed by atoms with Gasteiger partial charge in [-0.15, -0.1) is 0 Å². The lowest BCUT2D eigenvalue weighted by atomic mass is 10.1. The highest BCUT2D eigenvalue weighted by molar-refractivity contribution is 6.05. The summed E-state index contributed by atoms with van der Waals surface area (Å²) in [5, 5.41) is 7.83. The van der Waals surface area contributed by atoms with Gasteiger partial charge in [-0.1, -0.05) is 0 Å². The number of H-pyrrole nitrogens is 1. The predicted octanol–water partition coefficient (Wildman–Crippen LogP) is 1.77. The maximum atomic E-state index is 12.4. The Morgan fingerprint density at radius 3 is 3.00 bits per heavy atom. The number of benzene rings is 1. The maximum Gasteiger partial charge on any atom is 0.275 e. The highest BCUT2D eigenvalue weighted by Crippen LogP contribution is 2.29. The second-order valence-electron chi connectivity index (χ2n) is 4.70. The Labute approximate surface area is 105 Å². The second kappa shape index (κ2) is 4.01. The first kappa shape index (κ1) is 11.1. The highest BCUT2D eigenvalue weighted by Gasteiger charge is 2.33. The van der Waals surface area contributed by atoms with Crippen LogP contribution in [0.4, 0.5) is 5.69 Å². The van der Waals surface area contributed by atoms with Gasteiger partial charge in [0.05, 0.1) is 5.52 Å². The Bertz CT molecular complexity index is 600. The standard InChI is InChI=1S/C13H16N4O/c1-2-17(9-4-5-9)13(18)12-10-7-8(14)3-6-11(10)15-16-12/h3,6-7,9H,2,4-5,14H2,1H3,(H,15,16). The van der Waals surface area contributed by atoms with Crippen LogP contribution in [-0.2, 0) is 0 Å². The number of rotatable bonds is 3. The molecule has 0 atom stereocenters. The Morgan fingerprint density at radius 1 is 1.56 bits per heavy atom. The van der Waals surface area contributed by atoms with Crippen LogP contribution < -0.4 is 5.73 Å². The van der Waals surface area contributed by atoms with Gasteiger partial charge in [0.2, 0.25) is 0 Å². The molecule has 1 fully saturated rings. The Morgan fingerprint density at radius 2 is 2.33 bits per heavy atom. The number of aromatic amines is 1. The van der Waals surface area contributed by atoms with Crippen molar-refractivity contribution in [3.63, 3.8) is 0 Å². The average molecular weight is 244 g/mol. The predicted molar refractivity (Wildman–Crippen MR) is 70.2 cm³/mol. The molecule has 1 aromatic heterocycles. The van der Waals surface area contributed by atoms with Crippen LogP contribution in [0.25, 0.3) is 10.9 Å². The van der Waals surface area contributed by atoms with Gasteiger partial charge in [0, 0.05) is 23.7 Å². The van der Waals surface area contributed by atoms with Gasteiger partial charge < -0.3 is 10.6 Å². The van der Waals surface area contributed by atoms with Crippen molar-refractivity contribution >= 4 is 22.5 Å². The normalized spacial score (nSPS) is 14.9. The number of nitrogens with zero attached hydrogens (tertiary/aromatic N) is 2. The van der Waals surface area contributed by atoms with Crippen molar-refractivity contribution in [2.45, 2.75) is 25.8 Å². The van der Waals surface area contributed by atoms with Gasteiger partial charge in [0.15, 0.2) is 5.69 Å². The molecule has 0 radical (unpaired) electrons. The molecule has 1 saturated carbocycles. The number of fused-ring (bicyclic) bond motifs is 1. The lowest BCUT2D eigenvalue weighted by molar-refractivity contribution is 0.0748. The van der Waals surface area contributed by atoms with Crippen molar-refractivity contribution in [3.8, 4) is 0 Å². The Hall–Kier alpha value is -2.04. The molecule has 0 bridgehead atoms. The molecule has 1 aromatic carbocycles. The summed E-state index contributed by atoms with van der Waals surface area (Å²) in [6.07, 6.45) is 2.20. The van der Waals surface area contributed by atoms with Crippen LogP contribution in [0.2, 0.25) is 0 Å². The molecular weight excluding hydrogens is 228 g/mol. The van der Waals surface area contributed by atoms with E-state index in [2.05, 4.69) is 10.2 Å². The molecule has 1 heterocycles. The number of anilines is 1.